The van der Waals surface area contributed by atoms with Crippen molar-refractivity contribution in [3.63, 3.8) is 0 Å². The van der Waals surface area contributed by atoms with E-state index in [9.17, 15) is 0 Å². The second-order valence-corrected chi connectivity index (χ2v) is 12.7. The highest BCUT2D eigenvalue weighted by molar-refractivity contribution is 6.21. The molecule has 10 aromatic rings. The molecule has 2 heterocycles. The van der Waals surface area contributed by atoms with Gasteiger partial charge in [-0.05, 0) is 84.4 Å². The zero-order valence-electron chi connectivity index (χ0n) is 26.6. The first kappa shape index (κ1) is 27.6. The number of hydrogen-bond acceptors (Lipinski definition) is 2. The first-order valence-corrected chi connectivity index (χ1v) is 16.7. The van der Waals surface area contributed by atoms with Crippen LogP contribution in [0, 0.1) is 0 Å². The van der Waals surface area contributed by atoms with Crippen LogP contribution in [0.1, 0.15) is 0 Å². The van der Waals surface area contributed by atoms with Gasteiger partial charge < -0.3 is 4.42 Å². The number of hydrogen-bond donors (Lipinski definition) is 0. The maximum absolute atomic E-state index is 6.36. The molecule has 0 spiro atoms. The molecular formula is C47H29NO. The lowest BCUT2D eigenvalue weighted by molar-refractivity contribution is 0.669. The van der Waals surface area contributed by atoms with E-state index in [1.807, 2.05) is 12.3 Å². The highest BCUT2D eigenvalue weighted by Gasteiger charge is 2.18. The van der Waals surface area contributed by atoms with Crippen LogP contribution in [-0.2, 0) is 0 Å². The Kier molecular flexibility index (Phi) is 6.22. The molecule has 0 aliphatic carbocycles. The number of rotatable bonds is 4. The van der Waals surface area contributed by atoms with E-state index in [1.165, 1.54) is 60.1 Å². The lowest BCUT2D eigenvalue weighted by atomic mass is 9.86. The Morgan fingerprint density at radius 3 is 1.57 bits per heavy atom. The summed E-state index contributed by atoms with van der Waals surface area (Å²) < 4.78 is 6.36. The van der Waals surface area contributed by atoms with Gasteiger partial charge in [0.25, 0.3) is 0 Å². The molecule has 0 radical (unpaired) electrons. The lowest BCUT2D eigenvalue weighted by Gasteiger charge is -2.18. The van der Waals surface area contributed by atoms with Crippen molar-refractivity contribution < 1.29 is 4.42 Å². The van der Waals surface area contributed by atoms with Crippen molar-refractivity contribution in [1.29, 1.82) is 0 Å². The van der Waals surface area contributed by atoms with Crippen molar-refractivity contribution in [1.82, 2.24) is 4.98 Å². The van der Waals surface area contributed by atoms with Crippen LogP contribution in [0.5, 0.6) is 0 Å². The minimum atomic E-state index is 0.873. The molecule has 0 unspecified atom stereocenters. The average Bonchev–Trinajstić information content (AvgIpc) is 3.54. The summed E-state index contributed by atoms with van der Waals surface area (Å²) in [4.78, 5) is 5.12. The summed E-state index contributed by atoms with van der Waals surface area (Å²) in [6.45, 7) is 0. The van der Waals surface area contributed by atoms with Gasteiger partial charge in [0, 0.05) is 28.1 Å². The van der Waals surface area contributed by atoms with Gasteiger partial charge in [-0.1, -0.05) is 146 Å². The molecule has 10 rings (SSSR count). The van der Waals surface area contributed by atoms with Gasteiger partial charge >= 0.3 is 0 Å². The number of aromatic nitrogens is 1. The molecule has 0 aliphatic rings. The second-order valence-electron chi connectivity index (χ2n) is 12.7. The van der Waals surface area contributed by atoms with Crippen molar-refractivity contribution in [3.05, 3.63) is 176 Å². The molecule has 0 atom stereocenters. The second kappa shape index (κ2) is 11.0. The quantitative estimate of drug-likeness (QED) is 0.182. The first-order valence-electron chi connectivity index (χ1n) is 16.7. The fourth-order valence-corrected chi connectivity index (χ4v) is 7.64. The van der Waals surface area contributed by atoms with Crippen LogP contribution in [0.25, 0.3) is 98.9 Å². The number of fused-ring (bicyclic) bond motifs is 6. The van der Waals surface area contributed by atoms with Crippen LogP contribution in [0.4, 0.5) is 0 Å². The topological polar surface area (TPSA) is 26.0 Å². The van der Waals surface area contributed by atoms with Crippen LogP contribution >= 0.6 is 0 Å². The van der Waals surface area contributed by atoms with Crippen LogP contribution < -0.4 is 0 Å². The number of pyridine rings is 1. The standard InChI is InChI=1S/C47H29NO/c1-2-11-30(12-3-1)31-21-23-32(24-22-31)45-36-15-6-8-17-38(36)46(39-18-9-7-16-37(39)45)35-25-26-42(48-29-35)40-19-10-20-43-47(40)41-27-33-13-4-5-14-34(33)28-44(41)49-43/h1-29H. The van der Waals surface area contributed by atoms with Gasteiger partial charge in [-0.3, -0.25) is 4.98 Å². The molecule has 2 heteroatoms. The van der Waals surface area contributed by atoms with Gasteiger partial charge in [-0.15, -0.1) is 0 Å². The summed E-state index contributed by atoms with van der Waals surface area (Å²) in [5.74, 6) is 0. The molecule has 0 bridgehead atoms. The number of benzene rings is 8. The van der Waals surface area contributed by atoms with E-state index in [0.29, 0.717) is 0 Å². The van der Waals surface area contributed by atoms with Crippen molar-refractivity contribution in [2.24, 2.45) is 0 Å². The molecule has 49 heavy (non-hydrogen) atoms. The number of nitrogens with zero attached hydrogens (tertiary/aromatic N) is 1. The smallest absolute Gasteiger partial charge is 0.136 e. The summed E-state index contributed by atoms with van der Waals surface area (Å²) in [5, 5.41) is 9.48. The monoisotopic (exact) mass is 623 g/mol. The minimum absolute atomic E-state index is 0.873. The van der Waals surface area contributed by atoms with E-state index in [1.54, 1.807) is 0 Å². The highest BCUT2D eigenvalue weighted by atomic mass is 16.3. The van der Waals surface area contributed by atoms with Crippen molar-refractivity contribution in [3.8, 4) is 44.6 Å². The Labute approximate surface area is 283 Å². The van der Waals surface area contributed by atoms with Gasteiger partial charge in [0.2, 0.25) is 0 Å². The first-order chi connectivity index (χ1) is 24.3. The Morgan fingerprint density at radius 1 is 0.367 bits per heavy atom. The summed E-state index contributed by atoms with van der Waals surface area (Å²) in [5.41, 5.74) is 11.0. The van der Waals surface area contributed by atoms with Gasteiger partial charge in [0.05, 0.1) is 5.69 Å². The molecule has 2 nitrogen and oxygen atoms in total. The van der Waals surface area contributed by atoms with Crippen LogP contribution in [0.15, 0.2) is 180 Å². The van der Waals surface area contributed by atoms with E-state index in [2.05, 4.69) is 164 Å². The van der Waals surface area contributed by atoms with E-state index in [0.717, 1.165) is 38.8 Å². The van der Waals surface area contributed by atoms with Gasteiger partial charge in [-0.2, -0.15) is 0 Å². The predicted molar refractivity (Wildman–Crippen MR) is 206 cm³/mol. The molecule has 0 amide bonds. The zero-order chi connectivity index (χ0) is 32.3. The largest absolute Gasteiger partial charge is 0.456 e. The SMILES string of the molecule is c1ccc(-c2ccc(-c3c4ccccc4c(-c4ccc(-c5cccc6oc7cc8ccccc8cc7c56)nc4)c4ccccc34)cc2)cc1. The van der Waals surface area contributed by atoms with E-state index in [-0.39, 0.29) is 0 Å². The van der Waals surface area contributed by atoms with Crippen molar-refractivity contribution in [2.45, 2.75) is 0 Å². The maximum Gasteiger partial charge on any atom is 0.136 e. The Balaban J connectivity index is 1.13. The predicted octanol–water partition coefficient (Wildman–Crippen LogP) is 13.1. The molecule has 0 saturated heterocycles. The molecule has 0 N–H and O–H groups in total. The molecule has 2 aromatic heterocycles. The average molecular weight is 624 g/mol. The van der Waals surface area contributed by atoms with Crippen molar-refractivity contribution in [2.75, 3.05) is 0 Å². The molecule has 0 aliphatic heterocycles. The summed E-state index contributed by atoms with van der Waals surface area (Å²) >= 11 is 0. The van der Waals surface area contributed by atoms with Gasteiger partial charge in [0.15, 0.2) is 0 Å². The molecular weight excluding hydrogens is 595 g/mol. The van der Waals surface area contributed by atoms with E-state index >= 15 is 0 Å². The normalized spacial score (nSPS) is 11.7. The molecule has 228 valence electrons. The summed E-state index contributed by atoms with van der Waals surface area (Å²) in [6.07, 6.45) is 2.04. The van der Waals surface area contributed by atoms with Gasteiger partial charge in [0.1, 0.15) is 11.2 Å². The van der Waals surface area contributed by atoms with E-state index in [4.69, 9.17) is 9.40 Å². The third kappa shape index (κ3) is 4.46. The Bertz CT molecular complexity index is 2790. The molecule has 8 aromatic carbocycles. The molecule has 0 saturated carbocycles. The molecule has 0 fully saturated rings. The summed E-state index contributed by atoms with van der Waals surface area (Å²) in [7, 11) is 0. The third-order valence-electron chi connectivity index (χ3n) is 9.90. The van der Waals surface area contributed by atoms with Gasteiger partial charge in [-0.25, -0.2) is 0 Å². The van der Waals surface area contributed by atoms with Crippen LogP contribution in [0.3, 0.4) is 0 Å². The van der Waals surface area contributed by atoms with E-state index < -0.39 is 0 Å². The lowest BCUT2D eigenvalue weighted by Crippen LogP contribution is -1.92. The maximum atomic E-state index is 6.36. The van der Waals surface area contributed by atoms with Crippen molar-refractivity contribution >= 4 is 54.3 Å². The fraction of sp³-hybridized carbons (Fsp3) is 0. The Morgan fingerprint density at radius 2 is 0.918 bits per heavy atom. The third-order valence-corrected chi connectivity index (χ3v) is 9.90. The number of furan rings is 1. The Hall–Kier alpha value is -6.51. The van der Waals surface area contributed by atoms with Crippen LogP contribution in [0.2, 0.25) is 0 Å². The summed E-state index contributed by atoms with van der Waals surface area (Å²) in [6, 6.07) is 60.5. The highest BCUT2D eigenvalue weighted by Crippen LogP contribution is 2.44. The zero-order valence-corrected chi connectivity index (χ0v) is 26.6. The van der Waals surface area contributed by atoms with Crippen LogP contribution in [-0.4, -0.2) is 4.98 Å². The minimum Gasteiger partial charge on any atom is -0.456 e. The fourth-order valence-electron chi connectivity index (χ4n) is 7.64.